The van der Waals surface area contributed by atoms with Crippen LogP contribution in [-0.2, 0) is 9.47 Å². The van der Waals surface area contributed by atoms with E-state index < -0.39 is 12.7 Å². The average molecular weight is 308 g/mol. The Labute approximate surface area is 122 Å². The fourth-order valence-electron chi connectivity index (χ4n) is 3.71. The van der Waals surface area contributed by atoms with Crippen LogP contribution in [0.1, 0.15) is 32.1 Å². The van der Waals surface area contributed by atoms with Crippen molar-refractivity contribution in [3.8, 4) is 0 Å². The van der Waals surface area contributed by atoms with Gasteiger partial charge in [0.1, 0.15) is 0 Å². The molecule has 1 saturated carbocycles. The van der Waals surface area contributed by atoms with Crippen molar-refractivity contribution in [2.45, 2.75) is 56.2 Å². The summed E-state index contributed by atoms with van der Waals surface area (Å²) in [7, 11) is 0. The molecule has 0 aromatic heterocycles. The maximum Gasteiger partial charge on any atom is 0.401 e. The fraction of sp³-hybridized carbons (Fsp3) is 1.00. The van der Waals surface area contributed by atoms with Gasteiger partial charge in [-0.1, -0.05) is 0 Å². The van der Waals surface area contributed by atoms with Gasteiger partial charge in [-0.15, -0.1) is 0 Å². The number of nitrogens with zero attached hydrogens (tertiary/aromatic N) is 1. The third-order valence-electron chi connectivity index (χ3n) is 4.71. The van der Waals surface area contributed by atoms with Gasteiger partial charge in [-0.2, -0.15) is 13.2 Å². The lowest BCUT2D eigenvalue weighted by Gasteiger charge is -2.36. The Balaban J connectivity index is 1.40. The van der Waals surface area contributed by atoms with E-state index in [1.807, 2.05) is 0 Å². The molecule has 2 saturated heterocycles. The highest BCUT2D eigenvalue weighted by Crippen LogP contribution is 2.36. The number of halogens is 3. The van der Waals surface area contributed by atoms with Crippen molar-refractivity contribution in [1.82, 2.24) is 10.2 Å². The zero-order chi connectivity index (χ0) is 14.9. The third-order valence-corrected chi connectivity index (χ3v) is 4.71. The minimum atomic E-state index is -4.09. The highest BCUT2D eigenvalue weighted by atomic mass is 19.4. The molecule has 3 rings (SSSR count). The Hall–Kier alpha value is -0.370. The second-order valence-electron chi connectivity index (χ2n) is 6.38. The Morgan fingerprint density at radius 3 is 2.33 bits per heavy atom. The first-order valence-corrected chi connectivity index (χ1v) is 7.77. The molecule has 0 amide bonds. The van der Waals surface area contributed by atoms with Gasteiger partial charge in [0.25, 0.3) is 0 Å². The molecule has 0 unspecified atom stereocenters. The second kappa shape index (κ2) is 6.02. The van der Waals surface area contributed by atoms with Crippen LogP contribution in [0.5, 0.6) is 0 Å². The Morgan fingerprint density at radius 1 is 1.05 bits per heavy atom. The van der Waals surface area contributed by atoms with Crippen LogP contribution in [0.2, 0.25) is 0 Å². The molecule has 3 fully saturated rings. The predicted molar refractivity (Wildman–Crippen MR) is 70.9 cm³/mol. The Bertz CT molecular complexity index is 349. The van der Waals surface area contributed by atoms with Crippen molar-refractivity contribution in [1.29, 1.82) is 0 Å². The van der Waals surface area contributed by atoms with Crippen LogP contribution in [-0.4, -0.2) is 61.8 Å². The monoisotopic (exact) mass is 308 g/mol. The molecule has 1 aliphatic carbocycles. The minimum Gasteiger partial charge on any atom is -0.348 e. The SMILES string of the molecule is FC(F)(F)CN1CC[C@@H](NC2CCC3(CC2)OCCO3)C1. The molecule has 1 atom stereocenters. The Kier molecular flexibility index (Phi) is 4.45. The minimum absolute atomic E-state index is 0.178. The first kappa shape index (κ1) is 15.5. The summed E-state index contributed by atoms with van der Waals surface area (Å²) >= 11 is 0. The van der Waals surface area contributed by atoms with Crippen LogP contribution in [0.4, 0.5) is 13.2 Å². The molecule has 2 aliphatic heterocycles. The van der Waals surface area contributed by atoms with Gasteiger partial charge in [-0.25, -0.2) is 0 Å². The summed E-state index contributed by atoms with van der Waals surface area (Å²) in [4.78, 5) is 1.49. The van der Waals surface area contributed by atoms with Crippen molar-refractivity contribution >= 4 is 0 Å². The van der Waals surface area contributed by atoms with Crippen LogP contribution in [0, 0.1) is 0 Å². The fourth-order valence-corrected chi connectivity index (χ4v) is 3.71. The molecule has 1 N–H and O–H groups in total. The number of alkyl halides is 3. The van der Waals surface area contributed by atoms with E-state index in [9.17, 15) is 13.2 Å². The molecule has 122 valence electrons. The van der Waals surface area contributed by atoms with Gasteiger partial charge in [0.15, 0.2) is 5.79 Å². The van der Waals surface area contributed by atoms with Gasteiger partial charge in [-0.3, -0.25) is 4.90 Å². The van der Waals surface area contributed by atoms with Crippen molar-refractivity contribution < 1.29 is 22.6 Å². The molecule has 3 aliphatic rings. The van der Waals surface area contributed by atoms with E-state index in [0.29, 0.717) is 32.3 Å². The van der Waals surface area contributed by atoms with E-state index in [1.165, 1.54) is 4.90 Å². The third kappa shape index (κ3) is 4.09. The zero-order valence-corrected chi connectivity index (χ0v) is 12.1. The molecular formula is C14H23F3N2O2. The average Bonchev–Trinajstić information content (AvgIpc) is 3.01. The lowest BCUT2D eigenvalue weighted by molar-refractivity contribution is -0.179. The summed E-state index contributed by atoms with van der Waals surface area (Å²) in [5.74, 6) is -0.365. The van der Waals surface area contributed by atoms with E-state index in [1.54, 1.807) is 0 Å². The molecule has 0 bridgehead atoms. The molecule has 4 nitrogen and oxygen atoms in total. The quantitative estimate of drug-likeness (QED) is 0.863. The van der Waals surface area contributed by atoms with E-state index in [4.69, 9.17) is 9.47 Å². The van der Waals surface area contributed by atoms with Gasteiger partial charge in [0.05, 0.1) is 19.8 Å². The summed E-state index contributed by atoms with van der Waals surface area (Å²) in [6, 6.07) is 0.552. The second-order valence-corrected chi connectivity index (χ2v) is 6.38. The summed E-state index contributed by atoms with van der Waals surface area (Å²) in [5, 5.41) is 3.52. The van der Waals surface area contributed by atoms with E-state index in [0.717, 1.165) is 32.1 Å². The van der Waals surface area contributed by atoms with Gasteiger partial charge in [0.2, 0.25) is 0 Å². The lowest BCUT2D eigenvalue weighted by atomic mass is 9.89. The predicted octanol–water partition coefficient (Wildman–Crippen LogP) is 1.90. The van der Waals surface area contributed by atoms with Crippen molar-refractivity contribution in [3.05, 3.63) is 0 Å². The maximum absolute atomic E-state index is 12.4. The number of ether oxygens (including phenoxy) is 2. The normalized spacial score (nSPS) is 31.3. The van der Waals surface area contributed by atoms with Gasteiger partial charge < -0.3 is 14.8 Å². The van der Waals surface area contributed by atoms with Crippen molar-refractivity contribution in [2.24, 2.45) is 0 Å². The number of hydrogen-bond donors (Lipinski definition) is 1. The van der Waals surface area contributed by atoms with E-state index in [-0.39, 0.29) is 11.8 Å². The van der Waals surface area contributed by atoms with Crippen molar-refractivity contribution in [2.75, 3.05) is 32.8 Å². The molecular weight excluding hydrogens is 285 g/mol. The van der Waals surface area contributed by atoms with E-state index >= 15 is 0 Å². The van der Waals surface area contributed by atoms with Crippen molar-refractivity contribution in [3.63, 3.8) is 0 Å². The first-order valence-electron chi connectivity index (χ1n) is 7.77. The van der Waals surface area contributed by atoms with Crippen LogP contribution < -0.4 is 5.32 Å². The summed E-state index contributed by atoms with van der Waals surface area (Å²) < 4.78 is 48.5. The molecule has 2 heterocycles. The standard InChI is InChI=1S/C14H23F3N2O2/c15-14(16,17)10-19-6-3-12(9-19)18-11-1-4-13(5-2-11)20-7-8-21-13/h11-12,18H,1-10H2/t12-/m1/s1. The molecule has 7 heteroatoms. The summed E-state index contributed by atoms with van der Waals surface area (Å²) in [6.45, 7) is 1.58. The maximum atomic E-state index is 12.4. The van der Waals surface area contributed by atoms with Crippen LogP contribution in [0.15, 0.2) is 0 Å². The van der Waals surface area contributed by atoms with E-state index in [2.05, 4.69) is 5.32 Å². The number of likely N-dealkylation sites (tertiary alicyclic amines) is 1. The van der Waals surface area contributed by atoms with Crippen LogP contribution in [0.25, 0.3) is 0 Å². The molecule has 21 heavy (non-hydrogen) atoms. The smallest absolute Gasteiger partial charge is 0.348 e. The topological polar surface area (TPSA) is 33.7 Å². The highest BCUT2D eigenvalue weighted by molar-refractivity contribution is 4.90. The van der Waals surface area contributed by atoms with Crippen LogP contribution in [0.3, 0.4) is 0 Å². The number of nitrogens with one attached hydrogen (secondary N) is 1. The van der Waals surface area contributed by atoms with Gasteiger partial charge in [0, 0.05) is 38.0 Å². The summed E-state index contributed by atoms with van der Waals surface area (Å²) in [6.07, 6.45) is 0.396. The van der Waals surface area contributed by atoms with Gasteiger partial charge in [-0.05, 0) is 19.3 Å². The number of hydrogen-bond acceptors (Lipinski definition) is 4. The first-order chi connectivity index (χ1) is 9.94. The zero-order valence-electron chi connectivity index (χ0n) is 12.1. The lowest BCUT2D eigenvalue weighted by Crippen LogP contribution is -2.46. The molecule has 0 aromatic carbocycles. The highest BCUT2D eigenvalue weighted by Gasteiger charge is 2.41. The summed E-state index contributed by atoms with van der Waals surface area (Å²) in [5.41, 5.74) is 0. The van der Waals surface area contributed by atoms with Crippen LogP contribution >= 0.6 is 0 Å². The largest absolute Gasteiger partial charge is 0.401 e. The molecule has 0 aromatic rings. The van der Waals surface area contributed by atoms with Gasteiger partial charge >= 0.3 is 6.18 Å². The molecule has 1 spiro atoms. The Morgan fingerprint density at radius 2 is 1.71 bits per heavy atom. The number of rotatable bonds is 3. The molecule has 0 radical (unpaired) electrons.